The smallest absolute Gasteiger partial charge is 0.227 e. The zero-order chi connectivity index (χ0) is 14.5. The van der Waals surface area contributed by atoms with Crippen LogP contribution >= 0.6 is 11.6 Å². The highest BCUT2D eigenvalue weighted by Gasteiger charge is 2.14. The Kier molecular flexibility index (Phi) is 4.71. The van der Waals surface area contributed by atoms with Crippen LogP contribution in [0.1, 0.15) is 18.1 Å². The summed E-state index contributed by atoms with van der Waals surface area (Å²) in [6, 6.07) is 12.8. The molecule has 0 radical (unpaired) electrons. The monoisotopic (exact) mass is 293 g/mol. The Morgan fingerprint density at radius 3 is 2.60 bits per heavy atom. The Hall–Kier alpha value is -1.91. The largest absolute Gasteiger partial charge is 0.388 e. The van der Waals surface area contributed by atoms with Crippen LogP contribution in [0.2, 0.25) is 5.02 Å². The van der Waals surface area contributed by atoms with E-state index in [4.69, 9.17) is 11.6 Å². The number of hydrogen-bond donors (Lipinski definition) is 2. The highest BCUT2D eigenvalue weighted by atomic mass is 35.5. The summed E-state index contributed by atoms with van der Waals surface area (Å²) in [4.78, 5) is 11.8. The quantitative estimate of drug-likeness (QED) is 0.906. The van der Waals surface area contributed by atoms with Crippen molar-refractivity contribution >= 4 is 23.2 Å². The van der Waals surface area contributed by atoms with Gasteiger partial charge in [-0.3, -0.25) is 4.79 Å². The van der Waals surface area contributed by atoms with Crippen LogP contribution in [0.4, 0.5) is 10.1 Å². The van der Waals surface area contributed by atoms with Gasteiger partial charge in [-0.05, 0) is 23.8 Å². The van der Waals surface area contributed by atoms with Gasteiger partial charge >= 0.3 is 0 Å². The Bertz CT molecular complexity index is 604. The van der Waals surface area contributed by atoms with Crippen LogP contribution in [0.3, 0.4) is 0 Å². The fourth-order valence-corrected chi connectivity index (χ4v) is 1.92. The summed E-state index contributed by atoms with van der Waals surface area (Å²) in [7, 11) is 0. The van der Waals surface area contributed by atoms with Gasteiger partial charge in [0.15, 0.2) is 0 Å². The molecular weight excluding hydrogens is 281 g/mol. The minimum atomic E-state index is -0.924. The summed E-state index contributed by atoms with van der Waals surface area (Å²) >= 11 is 5.63. The number of nitrogens with one attached hydrogen (secondary N) is 1. The van der Waals surface area contributed by atoms with E-state index in [0.29, 0.717) is 5.56 Å². The number of hydrogen-bond acceptors (Lipinski definition) is 2. The molecule has 0 bridgehead atoms. The maximum atomic E-state index is 13.5. The Morgan fingerprint density at radius 2 is 1.95 bits per heavy atom. The van der Waals surface area contributed by atoms with E-state index in [2.05, 4.69) is 5.32 Å². The predicted octanol–water partition coefficient (Wildman–Crippen LogP) is 3.54. The molecule has 0 aliphatic rings. The molecule has 0 saturated heterocycles. The van der Waals surface area contributed by atoms with E-state index in [9.17, 15) is 14.3 Å². The lowest BCUT2D eigenvalue weighted by Crippen LogP contribution is -2.16. The molecule has 5 heteroatoms. The molecule has 3 nitrogen and oxygen atoms in total. The van der Waals surface area contributed by atoms with Crippen LogP contribution in [0.25, 0.3) is 0 Å². The molecule has 0 aromatic heterocycles. The minimum absolute atomic E-state index is 0.0414. The molecule has 0 heterocycles. The van der Waals surface area contributed by atoms with E-state index in [1.165, 1.54) is 12.1 Å². The fourth-order valence-electron chi connectivity index (χ4n) is 1.76. The Labute approximate surface area is 121 Å². The van der Waals surface area contributed by atoms with Gasteiger partial charge < -0.3 is 10.4 Å². The number of aliphatic hydroxyl groups excluding tert-OH is 1. The standard InChI is InChI=1S/C15H13ClFNO2/c16-11-6-7-13(12(17)8-11)18-15(20)9-14(19)10-4-2-1-3-5-10/h1-8,14,19H,9H2,(H,18,20). The topological polar surface area (TPSA) is 49.3 Å². The van der Waals surface area contributed by atoms with E-state index < -0.39 is 17.8 Å². The SMILES string of the molecule is O=C(CC(O)c1ccccc1)Nc1ccc(Cl)cc1F. The van der Waals surface area contributed by atoms with Crippen LogP contribution < -0.4 is 5.32 Å². The van der Waals surface area contributed by atoms with Crippen molar-refractivity contribution in [3.8, 4) is 0 Å². The van der Waals surface area contributed by atoms with Crippen LogP contribution in [-0.2, 0) is 4.79 Å². The molecule has 104 valence electrons. The van der Waals surface area contributed by atoms with Crippen molar-refractivity contribution in [3.63, 3.8) is 0 Å². The second-order valence-corrected chi connectivity index (χ2v) is 4.74. The van der Waals surface area contributed by atoms with Crippen LogP contribution in [0, 0.1) is 5.82 Å². The first-order valence-corrected chi connectivity index (χ1v) is 6.42. The summed E-state index contributed by atoms with van der Waals surface area (Å²) in [6.07, 6.45) is -1.07. The van der Waals surface area contributed by atoms with Gasteiger partial charge in [0.25, 0.3) is 0 Å². The fraction of sp³-hybridized carbons (Fsp3) is 0.133. The van der Waals surface area contributed by atoms with Crippen molar-refractivity contribution in [2.75, 3.05) is 5.32 Å². The van der Waals surface area contributed by atoms with Crippen molar-refractivity contribution < 1.29 is 14.3 Å². The molecule has 0 aliphatic heterocycles. The third-order valence-corrected chi connectivity index (χ3v) is 3.00. The highest BCUT2D eigenvalue weighted by molar-refractivity contribution is 6.30. The van der Waals surface area contributed by atoms with Gasteiger partial charge in [0.05, 0.1) is 18.2 Å². The molecule has 1 atom stereocenters. The van der Waals surface area contributed by atoms with Gasteiger partial charge in [-0.25, -0.2) is 4.39 Å². The molecule has 2 aromatic carbocycles. The van der Waals surface area contributed by atoms with Gasteiger partial charge in [0.1, 0.15) is 5.82 Å². The summed E-state index contributed by atoms with van der Waals surface area (Å²) in [5.74, 6) is -1.08. The molecular formula is C15H13ClFNO2. The second-order valence-electron chi connectivity index (χ2n) is 4.30. The highest BCUT2D eigenvalue weighted by Crippen LogP contribution is 2.21. The van der Waals surface area contributed by atoms with E-state index in [-0.39, 0.29) is 17.1 Å². The first kappa shape index (κ1) is 14.5. The molecule has 2 aromatic rings. The summed E-state index contributed by atoms with van der Waals surface area (Å²) in [5, 5.41) is 12.6. The molecule has 1 amide bonds. The number of carbonyl (C=O) groups excluding carboxylic acids is 1. The lowest BCUT2D eigenvalue weighted by atomic mass is 10.1. The van der Waals surface area contributed by atoms with Crippen molar-refractivity contribution in [3.05, 3.63) is 64.9 Å². The minimum Gasteiger partial charge on any atom is -0.388 e. The molecule has 20 heavy (non-hydrogen) atoms. The zero-order valence-electron chi connectivity index (χ0n) is 10.5. The second kappa shape index (κ2) is 6.50. The zero-order valence-corrected chi connectivity index (χ0v) is 11.3. The molecule has 0 aliphatic carbocycles. The Morgan fingerprint density at radius 1 is 1.25 bits per heavy atom. The maximum absolute atomic E-state index is 13.5. The number of carbonyl (C=O) groups is 1. The van der Waals surface area contributed by atoms with Gasteiger partial charge in [0, 0.05) is 5.02 Å². The Balaban J connectivity index is 1.99. The van der Waals surface area contributed by atoms with Gasteiger partial charge in [-0.2, -0.15) is 0 Å². The normalized spacial score (nSPS) is 11.9. The first-order chi connectivity index (χ1) is 9.56. The summed E-state index contributed by atoms with van der Waals surface area (Å²) < 4.78 is 13.5. The van der Waals surface area contributed by atoms with Crippen LogP contribution in [0.5, 0.6) is 0 Å². The maximum Gasteiger partial charge on any atom is 0.227 e. The molecule has 2 rings (SSSR count). The summed E-state index contributed by atoms with van der Waals surface area (Å²) in [5.41, 5.74) is 0.680. The van der Waals surface area contributed by atoms with Gasteiger partial charge in [0.2, 0.25) is 5.91 Å². The molecule has 0 saturated carbocycles. The lowest BCUT2D eigenvalue weighted by molar-refractivity contribution is -0.118. The number of halogens is 2. The molecule has 0 spiro atoms. The van der Waals surface area contributed by atoms with Crippen LogP contribution in [0.15, 0.2) is 48.5 Å². The van der Waals surface area contributed by atoms with Crippen molar-refractivity contribution in [2.24, 2.45) is 0 Å². The average molecular weight is 294 g/mol. The van der Waals surface area contributed by atoms with Crippen LogP contribution in [-0.4, -0.2) is 11.0 Å². The third-order valence-electron chi connectivity index (χ3n) is 2.77. The van der Waals surface area contributed by atoms with E-state index in [1.807, 2.05) is 6.07 Å². The van der Waals surface area contributed by atoms with E-state index >= 15 is 0 Å². The molecule has 2 N–H and O–H groups in total. The lowest BCUT2D eigenvalue weighted by Gasteiger charge is -2.11. The van der Waals surface area contributed by atoms with Crippen molar-refractivity contribution in [1.82, 2.24) is 0 Å². The number of rotatable bonds is 4. The van der Waals surface area contributed by atoms with Crippen molar-refractivity contribution in [2.45, 2.75) is 12.5 Å². The van der Waals surface area contributed by atoms with Crippen molar-refractivity contribution in [1.29, 1.82) is 0 Å². The summed E-state index contributed by atoms with van der Waals surface area (Å²) in [6.45, 7) is 0. The van der Waals surface area contributed by atoms with E-state index in [1.54, 1.807) is 24.3 Å². The number of anilines is 1. The first-order valence-electron chi connectivity index (χ1n) is 6.04. The average Bonchev–Trinajstić information content (AvgIpc) is 2.43. The van der Waals surface area contributed by atoms with Gasteiger partial charge in [-0.1, -0.05) is 41.9 Å². The van der Waals surface area contributed by atoms with Gasteiger partial charge in [-0.15, -0.1) is 0 Å². The van der Waals surface area contributed by atoms with E-state index in [0.717, 1.165) is 6.07 Å². The predicted molar refractivity (Wildman–Crippen MR) is 76.1 cm³/mol. The number of amides is 1. The third kappa shape index (κ3) is 3.79. The number of benzene rings is 2. The number of aliphatic hydroxyl groups is 1. The molecule has 0 fully saturated rings. The molecule has 1 unspecified atom stereocenters.